The van der Waals surface area contributed by atoms with Gasteiger partial charge in [0.1, 0.15) is 5.60 Å². The van der Waals surface area contributed by atoms with E-state index < -0.39 is 83.0 Å². The number of likely N-dealkylation sites (tertiary alicyclic amines) is 1. The van der Waals surface area contributed by atoms with Crippen LogP contribution in [0.5, 0.6) is 0 Å². The summed E-state index contributed by atoms with van der Waals surface area (Å²) in [6.45, 7) is -2.73. The van der Waals surface area contributed by atoms with Crippen LogP contribution in [0.1, 0.15) is 53.7 Å². The monoisotopic (exact) mass is 355 g/mol. The van der Waals surface area contributed by atoms with Crippen LogP contribution < -0.4 is 0 Å². The van der Waals surface area contributed by atoms with E-state index in [0.717, 1.165) is 19.4 Å². The van der Waals surface area contributed by atoms with E-state index in [9.17, 15) is 0 Å². The molecule has 2 atom stereocenters. The summed E-state index contributed by atoms with van der Waals surface area (Å²) in [5.41, 5.74) is -4.46. The molecule has 1 aliphatic heterocycles. The highest BCUT2D eigenvalue weighted by Gasteiger charge is 2.30. The van der Waals surface area contributed by atoms with E-state index >= 15 is 0 Å². The lowest BCUT2D eigenvalue weighted by Crippen LogP contribution is -2.31. The molecule has 1 heterocycles. The third-order valence-corrected chi connectivity index (χ3v) is 4.43. The van der Waals surface area contributed by atoms with Crippen LogP contribution in [0.15, 0.2) is 54.4 Å². The average molecular weight is 356 g/mol. The summed E-state index contributed by atoms with van der Waals surface area (Å²) < 4.78 is 106. The fourth-order valence-corrected chi connectivity index (χ4v) is 2.96. The second-order valence-electron chi connectivity index (χ2n) is 5.78. The molecule has 0 amide bonds. The molecule has 1 aliphatic rings. The van der Waals surface area contributed by atoms with Gasteiger partial charge in [-0.3, -0.25) is 0 Å². The van der Waals surface area contributed by atoms with Crippen LogP contribution >= 0.6 is 11.6 Å². The van der Waals surface area contributed by atoms with Gasteiger partial charge in [-0.05, 0) is 62.9 Å². The van der Waals surface area contributed by atoms with Crippen LogP contribution in [0.3, 0.4) is 0 Å². The number of hydrogen-bond donors (Lipinski definition) is 0. The number of rotatable bonds is 6. The fraction of sp³-hybridized carbons (Fsp3) is 0.429. The van der Waals surface area contributed by atoms with Crippen LogP contribution in [0.25, 0.3) is 0 Å². The lowest BCUT2D eigenvalue weighted by Gasteiger charge is -2.32. The third-order valence-electron chi connectivity index (χ3n) is 4.24. The van der Waals surface area contributed by atoms with Crippen LogP contribution in [0.4, 0.5) is 0 Å². The zero-order valence-corrected chi connectivity index (χ0v) is 14.1. The minimum absolute atomic E-state index is 0.0500. The molecule has 1 saturated heterocycles. The predicted octanol–water partition coefficient (Wildman–Crippen LogP) is 5.10. The van der Waals surface area contributed by atoms with Crippen molar-refractivity contribution in [2.75, 3.05) is 20.2 Å². The van der Waals surface area contributed by atoms with Crippen LogP contribution in [0, 0.1) is 0 Å². The Morgan fingerprint density at radius 3 is 2.54 bits per heavy atom. The molecular weight excluding hydrogens is 318 g/mol. The quantitative estimate of drug-likeness (QED) is 0.714. The molecule has 24 heavy (non-hydrogen) atoms. The summed E-state index contributed by atoms with van der Waals surface area (Å²) in [6.07, 6.45) is 2.10. The molecule has 0 unspecified atom stereocenters. The summed E-state index contributed by atoms with van der Waals surface area (Å²) in [5, 5.41) is -0.540. The standard InChI is InChI=1S/C21H26ClNO/c1-21(17-7-4-3-5-8-17,18-10-12-19(22)13-11-18)24-16-14-20-9-6-15-23(20)2/h3-5,7-8,10-13,20H,6,9,14-16H2,1-2H3/t20-,21-/m1/s1/i1D3,3D,4D,5D,7D,8D,10D,11D,12D,13D. The molecular formula is C21H26ClNO. The van der Waals surface area contributed by atoms with Crippen LogP contribution in [-0.4, -0.2) is 31.1 Å². The molecule has 0 N–H and O–H groups in total. The van der Waals surface area contributed by atoms with Gasteiger partial charge in [-0.15, -0.1) is 0 Å². The predicted molar refractivity (Wildman–Crippen MR) is 101 cm³/mol. The zero-order chi connectivity index (χ0) is 27.3. The van der Waals surface area contributed by atoms with Crippen molar-refractivity contribution >= 4 is 11.6 Å². The molecule has 2 aromatic carbocycles. The zero-order valence-electron chi connectivity index (χ0n) is 25.3. The molecule has 0 aliphatic carbocycles. The fourth-order valence-electron chi connectivity index (χ4n) is 2.86. The van der Waals surface area contributed by atoms with E-state index in [2.05, 4.69) is 4.90 Å². The summed E-state index contributed by atoms with van der Waals surface area (Å²) in [7, 11) is 1.91. The lowest BCUT2D eigenvalue weighted by molar-refractivity contribution is -0.0117. The first-order valence-electron chi connectivity index (χ1n) is 13.8. The summed E-state index contributed by atoms with van der Waals surface area (Å²) in [5.74, 6) is 0. The molecule has 2 aromatic rings. The van der Waals surface area contributed by atoms with Gasteiger partial charge in [0, 0.05) is 21.8 Å². The van der Waals surface area contributed by atoms with E-state index in [1.165, 1.54) is 0 Å². The summed E-state index contributed by atoms with van der Waals surface area (Å²) in [6, 6.07) is -7.20. The van der Waals surface area contributed by atoms with Gasteiger partial charge in [0.05, 0.1) is 12.3 Å². The first-order valence-corrected chi connectivity index (χ1v) is 8.15. The molecule has 2 nitrogen and oxygen atoms in total. The Kier molecular flexibility index (Phi) is 2.53. The van der Waals surface area contributed by atoms with E-state index in [-0.39, 0.29) is 12.6 Å². The van der Waals surface area contributed by atoms with Crippen molar-refractivity contribution in [3.05, 3.63) is 70.5 Å². The average Bonchev–Trinajstić information content (AvgIpc) is 3.22. The molecule has 0 aromatic heterocycles. The van der Waals surface area contributed by atoms with Gasteiger partial charge in [0.2, 0.25) is 0 Å². The highest BCUT2D eigenvalue weighted by molar-refractivity contribution is 6.30. The van der Waals surface area contributed by atoms with Crippen molar-refractivity contribution in [1.29, 1.82) is 0 Å². The van der Waals surface area contributed by atoms with Crippen molar-refractivity contribution in [1.82, 2.24) is 4.90 Å². The summed E-state index contributed by atoms with van der Waals surface area (Å²) in [4.78, 5) is 2.07. The molecule has 128 valence electrons. The van der Waals surface area contributed by atoms with Crippen molar-refractivity contribution in [3.63, 3.8) is 0 Å². The van der Waals surface area contributed by atoms with E-state index in [1.807, 2.05) is 7.05 Å². The number of ether oxygens (including phenoxy) is 1. The summed E-state index contributed by atoms with van der Waals surface area (Å²) >= 11 is 5.95. The Labute approximate surface area is 167 Å². The SMILES string of the molecule is [2H]c1c([2H])c([2H])c([C@@](OCC[C@H]2CCCN2C)(c2c([2H])c([2H])c(Cl)c([2H])c2[2H])C([2H])([2H])[2H])c([2H])c1[2H]. The van der Waals surface area contributed by atoms with Gasteiger partial charge in [-0.1, -0.05) is 53.9 Å². The maximum atomic E-state index is 8.52. The van der Waals surface area contributed by atoms with Crippen molar-refractivity contribution in [2.45, 2.75) is 37.8 Å². The van der Waals surface area contributed by atoms with E-state index in [0.29, 0.717) is 6.42 Å². The Bertz CT molecular complexity index is 1060. The molecule has 3 rings (SSSR count). The maximum Gasteiger partial charge on any atom is 0.115 e. The van der Waals surface area contributed by atoms with E-state index in [4.69, 9.17) is 32.8 Å². The molecule has 0 radical (unpaired) electrons. The molecule has 0 bridgehead atoms. The minimum atomic E-state index is -3.32. The highest BCUT2D eigenvalue weighted by atomic mass is 35.5. The lowest BCUT2D eigenvalue weighted by atomic mass is 9.88. The largest absolute Gasteiger partial charge is 0.366 e. The topological polar surface area (TPSA) is 12.5 Å². The van der Waals surface area contributed by atoms with Gasteiger partial charge < -0.3 is 9.64 Å². The second kappa shape index (κ2) is 7.69. The maximum absolute atomic E-state index is 8.52. The highest BCUT2D eigenvalue weighted by Crippen LogP contribution is 2.34. The van der Waals surface area contributed by atoms with Crippen LogP contribution in [-0.2, 0) is 10.3 Å². The minimum Gasteiger partial charge on any atom is -0.366 e. The van der Waals surface area contributed by atoms with Gasteiger partial charge >= 0.3 is 0 Å². The Morgan fingerprint density at radius 1 is 1.21 bits per heavy atom. The third kappa shape index (κ3) is 3.83. The van der Waals surface area contributed by atoms with Crippen molar-refractivity contribution < 1.29 is 21.2 Å². The van der Waals surface area contributed by atoms with E-state index in [1.54, 1.807) is 0 Å². The van der Waals surface area contributed by atoms with Gasteiger partial charge in [-0.2, -0.15) is 0 Å². The number of nitrogens with zero attached hydrogens (tertiary/aromatic N) is 1. The molecule has 3 heteroatoms. The molecule has 1 fully saturated rings. The normalized spacial score (nSPS) is 28.5. The van der Waals surface area contributed by atoms with Gasteiger partial charge in [0.25, 0.3) is 0 Å². The van der Waals surface area contributed by atoms with Gasteiger partial charge in [-0.25, -0.2) is 0 Å². The Balaban J connectivity index is 2.42. The number of benzene rings is 2. The van der Waals surface area contributed by atoms with Crippen molar-refractivity contribution in [3.8, 4) is 0 Å². The van der Waals surface area contributed by atoms with Crippen LogP contribution in [0.2, 0.25) is 5.02 Å². The first kappa shape index (κ1) is 7.90. The molecule has 0 spiro atoms. The first-order chi connectivity index (χ1) is 16.6. The number of hydrogen-bond acceptors (Lipinski definition) is 2. The smallest absolute Gasteiger partial charge is 0.115 e. The Hall–Kier alpha value is -1.35. The molecule has 0 saturated carbocycles. The van der Waals surface area contributed by atoms with Gasteiger partial charge in [0.15, 0.2) is 0 Å². The number of halogens is 1. The second-order valence-corrected chi connectivity index (χ2v) is 6.16. The van der Waals surface area contributed by atoms with Crippen molar-refractivity contribution in [2.24, 2.45) is 0 Å². The Morgan fingerprint density at radius 2 is 1.92 bits per heavy atom.